The number of carboxylic acid groups (broad SMARTS) is 1. The van der Waals surface area contributed by atoms with Crippen LogP contribution in [0.3, 0.4) is 0 Å². The molecule has 0 aliphatic heterocycles. The Balaban J connectivity index is 0. The molecule has 0 amide bonds. The van der Waals surface area contributed by atoms with E-state index in [1.807, 2.05) is 0 Å². The van der Waals surface area contributed by atoms with E-state index in [-0.39, 0.29) is 36.1 Å². The van der Waals surface area contributed by atoms with Crippen LogP contribution in [0, 0.1) is 0 Å². The topological polar surface area (TPSA) is 180 Å². The minimum absolute atomic E-state index is 0. The van der Waals surface area contributed by atoms with Crippen LogP contribution < -0.4 is 40.4 Å². The summed E-state index contributed by atoms with van der Waals surface area (Å²) in [5.41, 5.74) is 5.44. The number of aliphatic carboxylic acids is 1. The Morgan fingerprint density at radius 1 is 0.786 bits per heavy atom. The van der Waals surface area contributed by atoms with Crippen molar-refractivity contribution in [2.75, 3.05) is 13.1 Å². The van der Waals surface area contributed by atoms with Crippen LogP contribution in [-0.4, -0.2) is 74.9 Å². The van der Waals surface area contributed by atoms with Crippen molar-refractivity contribution >= 4 is 11.9 Å². The molecule has 0 aliphatic rings. The summed E-state index contributed by atoms with van der Waals surface area (Å²) in [6, 6.07) is 0. The zero-order chi connectivity index (χ0) is 20.7. The number of unbranched alkanes of at least 4 members (excludes halogenated alkanes) is 9. The SMILES string of the molecule is NCCCCCCCCCCCCN=C([O-])[C@@H](O)[C@@H](O)[C@H](O)[C@@H](O)C(=O)O.[Na+]. The van der Waals surface area contributed by atoms with Gasteiger partial charge in [-0.25, -0.2) is 4.79 Å². The number of aliphatic hydroxyl groups excluding tert-OH is 4. The van der Waals surface area contributed by atoms with Crippen molar-refractivity contribution in [3.8, 4) is 0 Å². The number of carbonyl (C=O) groups is 1. The molecule has 0 spiro atoms. The van der Waals surface area contributed by atoms with Gasteiger partial charge in [-0.1, -0.05) is 51.4 Å². The third-order valence-electron chi connectivity index (χ3n) is 4.38. The maximum absolute atomic E-state index is 11.6. The van der Waals surface area contributed by atoms with Crippen molar-refractivity contribution in [3.05, 3.63) is 0 Å². The van der Waals surface area contributed by atoms with Gasteiger partial charge in [0.1, 0.15) is 18.3 Å². The molecule has 0 aromatic rings. The molecule has 0 fully saturated rings. The third kappa shape index (κ3) is 13.8. The van der Waals surface area contributed by atoms with Crippen LogP contribution in [-0.2, 0) is 4.79 Å². The molecular weight excluding hydrogens is 379 g/mol. The molecule has 0 radical (unpaired) electrons. The van der Waals surface area contributed by atoms with Crippen molar-refractivity contribution in [2.45, 2.75) is 88.6 Å². The van der Waals surface area contributed by atoms with Crippen LogP contribution >= 0.6 is 0 Å². The van der Waals surface area contributed by atoms with E-state index in [0.29, 0.717) is 6.42 Å². The Bertz CT molecular complexity index is 427. The van der Waals surface area contributed by atoms with Gasteiger partial charge in [-0.15, -0.1) is 0 Å². The maximum atomic E-state index is 11.6. The first-order chi connectivity index (χ1) is 12.8. The summed E-state index contributed by atoms with van der Waals surface area (Å²) < 4.78 is 0. The standard InChI is InChI=1S/C18H36N2O7.Na/c19-11-9-7-5-3-1-2-4-6-8-10-12-20-17(25)15(23)13(21)14(22)16(24)18(26)27;/h13-16,21-24H,1-12,19H2,(H,20,25)(H,26,27);/q;+1/p-1/t13-,14-,15-,16+;/m0./s1. The summed E-state index contributed by atoms with van der Waals surface area (Å²) in [5, 5.41) is 57.9. The Morgan fingerprint density at radius 3 is 1.61 bits per heavy atom. The van der Waals surface area contributed by atoms with Gasteiger partial charge in [-0.3, -0.25) is 0 Å². The predicted molar refractivity (Wildman–Crippen MR) is 99.2 cm³/mol. The Hall–Kier alpha value is -0.260. The normalized spacial score (nSPS) is 16.1. The molecule has 0 unspecified atom stereocenters. The summed E-state index contributed by atoms with van der Waals surface area (Å²) in [7, 11) is 0. The van der Waals surface area contributed by atoms with Crippen molar-refractivity contribution in [3.63, 3.8) is 0 Å². The van der Waals surface area contributed by atoms with Gasteiger partial charge in [0, 0.05) is 6.54 Å². The molecule has 0 saturated heterocycles. The molecule has 0 aromatic carbocycles. The number of carboxylic acids is 1. The summed E-state index contributed by atoms with van der Waals surface area (Å²) in [4.78, 5) is 14.1. The fourth-order valence-corrected chi connectivity index (χ4v) is 2.62. The number of hydrogen-bond acceptors (Lipinski definition) is 8. The van der Waals surface area contributed by atoms with Gasteiger partial charge in [-0.05, 0) is 25.3 Å². The smallest absolute Gasteiger partial charge is 0.860 e. The second-order valence-electron chi connectivity index (χ2n) is 6.75. The van der Waals surface area contributed by atoms with Crippen LogP contribution in [0.4, 0.5) is 0 Å². The van der Waals surface area contributed by atoms with Crippen molar-refractivity contribution in [2.24, 2.45) is 10.7 Å². The maximum Gasteiger partial charge on any atom is 1.00 e. The molecule has 0 bridgehead atoms. The molecule has 0 aromatic heterocycles. The first-order valence-corrected chi connectivity index (χ1v) is 9.69. The predicted octanol–water partition coefficient (Wildman–Crippen LogP) is -3.86. The Morgan fingerprint density at radius 2 is 1.18 bits per heavy atom. The molecule has 0 heterocycles. The number of nitrogens with zero attached hydrogens (tertiary/aromatic N) is 1. The Labute approximate surface area is 189 Å². The van der Waals surface area contributed by atoms with E-state index in [0.717, 1.165) is 32.2 Å². The van der Waals surface area contributed by atoms with E-state index in [9.17, 15) is 25.2 Å². The third-order valence-corrected chi connectivity index (χ3v) is 4.38. The molecule has 0 saturated carbocycles. The number of nitrogens with two attached hydrogens (primary N) is 1. The molecule has 4 atom stereocenters. The van der Waals surface area contributed by atoms with E-state index in [2.05, 4.69) is 4.99 Å². The van der Waals surface area contributed by atoms with Gasteiger partial charge >= 0.3 is 35.5 Å². The zero-order valence-electron chi connectivity index (χ0n) is 16.9. The zero-order valence-corrected chi connectivity index (χ0v) is 18.9. The monoisotopic (exact) mass is 414 g/mol. The van der Waals surface area contributed by atoms with Crippen LogP contribution in [0.25, 0.3) is 0 Å². The van der Waals surface area contributed by atoms with Crippen LogP contribution in [0.2, 0.25) is 0 Å². The van der Waals surface area contributed by atoms with Gasteiger partial charge < -0.3 is 41.4 Å². The number of rotatable bonds is 17. The van der Waals surface area contributed by atoms with Gasteiger partial charge in [0.2, 0.25) is 0 Å². The molecule has 7 N–H and O–H groups in total. The summed E-state index contributed by atoms with van der Waals surface area (Å²) in [6.45, 7) is 0.938. The van der Waals surface area contributed by atoms with Crippen LogP contribution in [0.1, 0.15) is 64.2 Å². The summed E-state index contributed by atoms with van der Waals surface area (Å²) in [5.74, 6) is -2.81. The fraction of sp³-hybridized carbons (Fsp3) is 0.889. The average Bonchev–Trinajstić information content (AvgIpc) is 2.66. The van der Waals surface area contributed by atoms with E-state index in [1.54, 1.807) is 0 Å². The van der Waals surface area contributed by atoms with Gasteiger partial charge in [0.05, 0.1) is 0 Å². The van der Waals surface area contributed by atoms with Crippen molar-refractivity contribution in [1.29, 1.82) is 0 Å². The van der Waals surface area contributed by atoms with Crippen LogP contribution in [0.15, 0.2) is 4.99 Å². The summed E-state index contributed by atoms with van der Waals surface area (Å²) in [6.07, 6.45) is 2.12. The van der Waals surface area contributed by atoms with Crippen molar-refractivity contribution < 1.29 is 65.0 Å². The molecule has 9 nitrogen and oxygen atoms in total. The van der Waals surface area contributed by atoms with E-state index >= 15 is 0 Å². The molecule has 0 rings (SSSR count). The first-order valence-electron chi connectivity index (χ1n) is 9.69. The van der Waals surface area contributed by atoms with Gasteiger partial charge in [0.15, 0.2) is 6.10 Å². The molecule has 160 valence electrons. The molecular formula is C18H35N2NaO7. The number of aliphatic imine (C=N–C) groups is 1. The quantitative estimate of drug-likeness (QED) is 0.0605. The van der Waals surface area contributed by atoms with E-state index in [1.165, 1.54) is 32.1 Å². The van der Waals surface area contributed by atoms with E-state index < -0.39 is 36.3 Å². The van der Waals surface area contributed by atoms with Crippen LogP contribution in [0.5, 0.6) is 0 Å². The molecule has 10 heteroatoms. The second kappa shape index (κ2) is 18.7. The summed E-state index contributed by atoms with van der Waals surface area (Å²) >= 11 is 0. The average molecular weight is 414 g/mol. The second-order valence-corrected chi connectivity index (χ2v) is 6.75. The minimum atomic E-state index is -2.30. The van der Waals surface area contributed by atoms with E-state index in [4.69, 9.17) is 15.9 Å². The molecule has 28 heavy (non-hydrogen) atoms. The minimum Gasteiger partial charge on any atom is -0.860 e. The largest absolute Gasteiger partial charge is 1.00 e. The Kier molecular flexibility index (Phi) is 20.0. The molecule has 0 aliphatic carbocycles. The van der Waals surface area contributed by atoms with Crippen molar-refractivity contribution in [1.82, 2.24) is 0 Å². The fourth-order valence-electron chi connectivity index (χ4n) is 2.62. The van der Waals surface area contributed by atoms with Gasteiger partial charge in [-0.2, -0.15) is 0 Å². The number of hydrogen-bond donors (Lipinski definition) is 6. The first kappa shape index (κ1) is 29.9. The van der Waals surface area contributed by atoms with Gasteiger partial charge in [0.25, 0.3) is 0 Å². The number of aliphatic hydroxyl groups is 4.